The van der Waals surface area contributed by atoms with Gasteiger partial charge in [-0.2, -0.15) is 0 Å². The first-order valence-electron chi connectivity index (χ1n) is 6.60. The van der Waals surface area contributed by atoms with Crippen LogP contribution in [0.15, 0.2) is 36.4 Å². The molecule has 0 unspecified atom stereocenters. The van der Waals surface area contributed by atoms with Gasteiger partial charge in [0.15, 0.2) is 0 Å². The Morgan fingerprint density at radius 3 is 2.68 bits per heavy atom. The number of esters is 1. The fourth-order valence-corrected chi connectivity index (χ4v) is 1.48. The molecule has 0 radical (unpaired) electrons. The third-order valence-corrected chi connectivity index (χ3v) is 2.41. The average Bonchev–Trinajstić information content (AvgIpc) is 2.49. The van der Waals surface area contributed by atoms with Crippen LogP contribution >= 0.6 is 0 Å². The van der Waals surface area contributed by atoms with Crippen LogP contribution in [-0.2, 0) is 19.1 Å². The van der Waals surface area contributed by atoms with Gasteiger partial charge in [-0.1, -0.05) is 6.07 Å². The van der Waals surface area contributed by atoms with Gasteiger partial charge in [-0.3, -0.25) is 4.79 Å². The second-order valence-corrected chi connectivity index (χ2v) is 4.07. The van der Waals surface area contributed by atoms with Gasteiger partial charge in [-0.05, 0) is 25.1 Å². The monoisotopic (exact) mass is 307 g/mol. The van der Waals surface area contributed by atoms with Crippen molar-refractivity contribution < 1.29 is 29.0 Å². The summed E-state index contributed by atoms with van der Waals surface area (Å²) in [6, 6.07) is 6.14. The van der Waals surface area contributed by atoms with E-state index in [4.69, 9.17) is 14.6 Å². The van der Waals surface area contributed by atoms with Gasteiger partial charge in [0.2, 0.25) is 5.91 Å². The molecule has 0 heterocycles. The Kier molecular flexibility index (Phi) is 7.35. The van der Waals surface area contributed by atoms with E-state index in [1.165, 1.54) is 6.07 Å². The molecule has 1 rings (SSSR count). The van der Waals surface area contributed by atoms with Crippen molar-refractivity contribution in [2.75, 3.05) is 25.1 Å². The number of benzene rings is 1. The Morgan fingerprint density at radius 1 is 1.23 bits per heavy atom. The number of hydrogen-bond acceptors (Lipinski definition) is 5. The fourth-order valence-electron chi connectivity index (χ4n) is 1.48. The predicted molar refractivity (Wildman–Crippen MR) is 78.6 cm³/mol. The van der Waals surface area contributed by atoms with Crippen LogP contribution in [0.2, 0.25) is 0 Å². The Labute approximate surface area is 127 Å². The van der Waals surface area contributed by atoms with Gasteiger partial charge in [0.1, 0.15) is 6.61 Å². The van der Waals surface area contributed by atoms with Crippen LogP contribution in [0.3, 0.4) is 0 Å². The lowest BCUT2D eigenvalue weighted by Gasteiger charge is -2.07. The van der Waals surface area contributed by atoms with Gasteiger partial charge in [0.25, 0.3) is 0 Å². The van der Waals surface area contributed by atoms with Crippen molar-refractivity contribution in [1.29, 1.82) is 0 Å². The highest BCUT2D eigenvalue weighted by Crippen LogP contribution is 2.11. The summed E-state index contributed by atoms with van der Waals surface area (Å²) in [5.41, 5.74) is 0.635. The van der Waals surface area contributed by atoms with E-state index in [1.54, 1.807) is 18.2 Å². The van der Waals surface area contributed by atoms with Crippen LogP contribution in [-0.4, -0.2) is 42.8 Å². The number of anilines is 1. The largest absolute Gasteiger partial charge is 0.478 e. The number of carbonyl (C=O) groups excluding carboxylic acids is 2. The molecule has 0 saturated heterocycles. The minimum absolute atomic E-state index is 0.143. The van der Waals surface area contributed by atoms with E-state index in [9.17, 15) is 14.4 Å². The van der Waals surface area contributed by atoms with Crippen molar-refractivity contribution in [2.45, 2.75) is 6.92 Å². The van der Waals surface area contributed by atoms with E-state index in [1.807, 2.05) is 6.92 Å². The smallest absolute Gasteiger partial charge is 0.338 e. The van der Waals surface area contributed by atoms with E-state index in [0.29, 0.717) is 18.9 Å². The second-order valence-electron chi connectivity index (χ2n) is 4.07. The summed E-state index contributed by atoms with van der Waals surface area (Å²) in [6.45, 7) is 2.85. The highest BCUT2D eigenvalue weighted by Gasteiger charge is 2.08. The molecule has 2 N–H and O–H groups in total. The number of amides is 1. The number of rotatable bonds is 8. The van der Waals surface area contributed by atoms with E-state index in [-0.39, 0.29) is 12.2 Å². The highest BCUT2D eigenvalue weighted by atomic mass is 16.6. The molecule has 0 atom stereocenters. The second kappa shape index (κ2) is 9.30. The van der Waals surface area contributed by atoms with Gasteiger partial charge < -0.3 is 19.9 Å². The molecule has 0 aromatic heterocycles. The van der Waals surface area contributed by atoms with Crippen molar-refractivity contribution in [3.8, 4) is 0 Å². The molecule has 1 amide bonds. The summed E-state index contributed by atoms with van der Waals surface area (Å²) in [7, 11) is 0. The number of hydrogen-bond donors (Lipinski definition) is 2. The first-order chi connectivity index (χ1) is 10.5. The number of carboxylic acids is 1. The van der Waals surface area contributed by atoms with Crippen LogP contribution in [0.25, 0.3) is 0 Å². The molecule has 7 heteroatoms. The fraction of sp³-hybridized carbons (Fsp3) is 0.267. The van der Waals surface area contributed by atoms with Gasteiger partial charge in [0.05, 0.1) is 12.2 Å². The molecule has 0 aliphatic carbocycles. The molecule has 1 aromatic carbocycles. The Balaban J connectivity index is 2.59. The number of aliphatic carboxylic acids is 1. The first-order valence-corrected chi connectivity index (χ1v) is 6.60. The van der Waals surface area contributed by atoms with E-state index in [0.717, 1.165) is 12.2 Å². The minimum atomic E-state index is -1.22. The minimum Gasteiger partial charge on any atom is -0.478 e. The summed E-state index contributed by atoms with van der Waals surface area (Å²) >= 11 is 0. The molecule has 118 valence electrons. The van der Waals surface area contributed by atoms with Crippen molar-refractivity contribution in [1.82, 2.24) is 0 Å². The number of ether oxygens (including phenoxy) is 2. The molecule has 0 spiro atoms. The van der Waals surface area contributed by atoms with Crippen molar-refractivity contribution in [3.05, 3.63) is 42.0 Å². The van der Waals surface area contributed by atoms with Crippen LogP contribution in [0.1, 0.15) is 17.3 Å². The topological polar surface area (TPSA) is 102 Å². The SMILES string of the molecule is CCOCCOC(=O)c1cccc(NC(=O)/C=C/C(=O)O)c1. The quantitative estimate of drug-likeness (QED) is 0.428. The van der Waals surface area contributed by atoms with Crippen LogP contribution in [0.4, 0.5) is 5.69 Å². The summed E-state index contributed by atoms with van der Waals surface area (Å²) in [5, 5.41) is 10.9. The molecule has 0 saturated carbocycles. The Hall–Kier alpha value is -2.67. The molecule has 22 heavy (non-hydrogen) atoms. The van der Waals surface area contributed by atoms with Gasteiger partial charge >= 0.3 is 11.9 Å². The molecule has 0 aliphatic rings. The maximum Gasteiger partial charge on any atom is 0.338 e. The van der Waals surface area contributed by atoms with E-state index in [2.05, 4.69) is 5.32 Å². The van der Waals surface area contributed by atoms with Gasteiger partial charge in [0, 0.05) is 24.4 Å². The third kappa shape index (κ3) is 6.67. The van der Waals surface area contributed by atoms with Crippen LogP contribution < -0.4 is 5.32 Å². The zero-order valence-electron chi connectivity index (χ0n) is 12.1. The van der Waals surface area contributed by atoms with Crippen molar-refractivity contribution in [2.24, 2.45) is 0 Å². The molecular formula is C15H17NO6. The maximum absolute atomic E-state index is 11.8. The Morgan fingerprint density at radius 2 is 2.00 bits per heavy atom. The van der Waals surface area contributed by atoms with Crippen molar-refractivity contribution in [3.63, 3.8) is 0 Å². The zero-order chi connectivity index (χ0) is 16.4. The normalized spacial score (nSPS) is 10.4. The first kappa shape index (κ1) is 17.4. The summed E-state index contributed by atoms with van der Waals surface area (Å²) < 4.78 is 10.1. The summed E-state index contributed by atoms with van der Waals surface area (Å²) in [4.78, 5) is 33.5. The lowest BCUT2D eigenvalue weighted by molar-refractivity contribution is -0.131. The molecular weight excluding hydrogens is 290 g/mol. The number of carbonyl (C=O) groups is 3. The maximum atomic E-state index is 11.8. The van der Waals surface area contributed by atoms with Gasteiger partial charge in [-0.25, -0.2) is 9.59 Å². The van der Waals surface area contributed by atoms with Crippen LogP contribution in [0.5, 0.6) is 0 Å². The highest BCUT2D eigenvalue weighted by molar-refractivity contribution is 6.03. The number of carboxylic acid groups (broad SMARTS) is 1. The van der Waals surface area contributed by atoms with Crippen molar-refractivity contribution >= 4 is 23.5 Å². The summed E-state index contributed by atoms with van der Waals surface area (Å²) in [6.07, 6.45) is 1.61. The third-order valence-electron chi connectivity index (χ3n) is 2.41. The van der Waals surface area contributed by atoms with E-state index >= 15 is 0 Å². The summed E-state index contributed by atoms with van der Waals surface area (Å²) in [5.74, 6) is -2.36. The number of nitrogens with one attached hydrogen (secondary N) is 1. The van der Waals surface area contributed by atoms with Crippen LogP contribution in [0, 0.1) is 0 Å². The molecule has 0 aliphatic heterocycles. The molecule has 0 bridgehead atoms. The zero-order valence-corrected chi connectivity index (χ0v) is 12.1. The lowest BCUT2D eigenvalue weighted by Crippen LogP contribution is -2.12. The predicted octanol–water partition coefficient (Wildman–Crippen LogP) is 1.46. The van der Waals surface area contributed by atoms with Gasteiger partial charge in [-0.15, -0.1) is 0 Å². The Bertz CT molecular complexity index is 567. The van der Waals surface area contributed by atoms with E-state index < -0.39 is 17.8 Å². The molecule has 7 nitrogen and oxygen atoms in total. The lowest BCUT2D eigenvalue weighted by atomic mass is 10.2. The molecule has 0 fully saturated rings. The average molecular weight is 307 g/mol. The molecule has 1 aromatic rings. The standard InChI is InChI=1S/C15H17NO6/c1-2-21-8-9-22-15(20)11-4-3-5-12(10-11)16-13(17)6-7-14(18)19/h3-7,10H,2,8-9H2,1H3,(H,16,17)(H,18,19)/b7-6+.